The van der Waals surface area contributed by atoms with Crippen molar-refractivity contribution in [2.75, 3.05) is 6.61 Å². The fourth-order valence-corrected chi connectivity index (χ4v) is 5.06. The van der Waals surface area contributed by atoms with Gasteiger partial charge in [-0.15, -0.1) is 0 Å². The third-order valence-electron chi connectivity index (χ3n) is 5.25. The molecule has 1 amide bonds. The molecule has 0 saturated carbocycles. The summed E-state index contributed by atoms with van der Waals surface area (Å²) in [6, 6.07) is 20.3. The molecule has 0 unspecified atom stereocenters. The maximum atomic E-state index is 12.8. The van der Waals surface area contributed by atoms with E-state index in [-0.39, 0.29) is 33.2 Å². The number of carbonyl (C=O) groups excluding carboxylic acids is 1. The number of benzene rings is 4. The van der Waals surface area contributed by atoms with Gasteiger partial charge in [0, 0.05) is 17.7 Å². The largest absolute Gasteiger partial charge is 0.490 e. The van der Waals surface area contributed by atoms with Crippen LogP contribution in [0.1, 0.15) is 22.8 Å². The summed E-state index contributed by atoms with van der Waals surface area (Å²) in [5.74, 6) is -0.400. The first-order valence-corrected chi connectivity index (χ1v) is 13.4. The van der Waals surface area contributed by atoms with Crippen LogP contribution in [0.3, 0.4) is 0 Å². The fraction of sp³-hybridized carbons (Fsp3) is 0.0769. The van der Waals surface area contributed by atoms with Crippen LogP contribution in [0.15, 0.2) is 93.3 Å². The topological polar surface area (TPSA) is 137 Å². The second-order valence-corrected chi connectivity index (χ2v) is 10.2. The summed E-state index contributed by atoms with van der Waals surface area (Å²) in [4.78, 5) is 22.5. The van der Waals surface area contributed by atoms with Crippen LogP contribution in [0.25, 0.3) is 10.8 Å². The van der Waals surface area contributed by atoms with Crippen LogP contribution in [0.5, 0.6) is 11.5 Å². The highest BCUT2D eigenvalue weighted by molar-refractivity contribution is 9.10. The molecule has 4 rings (SSSR count). The van der Waals surface area contributed by atoms with Crippen molar-refractivity contribution in [1.82, 2.24) is 5.43 Å². The highest BCUT2D eigenvalue weighted by atomic mass is 79.9. The minimum atomic E-state index is -4.33. The molecule has 0 aliphatic heterocycles. The predicted octanol–water partition coefficient (Wildman–Crippen LogP) is 5.44. The molecule has 0 radical (unpaired) electrons. The van der Waals surface area contributed by atoms with E-state index in [1.807, 2.05) is 30.3 Å². The number of non-ortho nitro benzene ring substituents is 1. The Morgan fingerprint density at radius 1 is 1.05 bits per heavy atom. The minimum absolute atomic E-state index is 0.106. The number of nitro benzene ring substituents is 1. The molecule has 1 N–H and O–H groups in total. The highest BCUT2D eigenvalue weighted by Gasteiger charge is 2.23. The van der Waals surface area contributed by atoms with Gasteiger partial charge in [-0.2, -0.15) is 13.5 Å². The van der Waals surface area contributed by atoms with E-state index >= 15 is 0 Å². The number of hydrazone groups is 1. The first kappa shape index (κ1) is 26.8. The van der Waals surface area contributed by atoms with Crippen LogP contribution in [-0.2, 0) is 10.1 Å². The third kappa shape index (κ3) is 6.15. The third-order valence-corrected chi connectivity index (χ3v) is 7.08. The number of fused-ring (bicyclic) bond motifs is 1. The summed E-state index contributed by atoms with van der Waals surface area (Å²) in [6.07, 6.45) is 1.38. The molecule has 0 heterocycles. The highest BCUT2D eigenvalue weighted by Crippen LogP contribution is 2.38. The molecule has 38 heavy (non-hydrogen) atoms. The van der Waals surface area contributed by atoms with E-state index in [0.717, 1.165) is 35.0 Å². The van der Waals surface area contributed by atoms with Crippen LogP contribution >= 0.6 is 15.9 Å². The maximum Gasteiger partial charge on any atom is 0.339 e. The van der Waals surface area contributed by atoms with Gasteiger partial charge < -0.3 is 8.92 Å². The van der Waals surface area contributed by atoms with E-state index in [2.05, 4.69) is 26.5 Å². The van der Waals surface area contributed by atoms with Crippen molar-refractivity contribution < 1.29 is 27.1 Å². The number of halogens is 1. The average Bonchev–Trinajstić information content (AvgIpc) is 2.90. The second kappa shape index (κ2) is 11.4. The second-order valence-electron chi connectivity index (χ2n) is 7.81. The van der Waals surface area contributed by atoms with Gasteiger partial charge in [0.15, 0.2) is 11.5 Å². The van der Waals surface area contributed by atoms with Gasteiger partial charge in [0.2, 0.25) is 0 Å². The lowest BCUT2D eigenvalue weighted by molar-refractivity contribution is -0.384. The molecule has 4 aromatic rings. The fourth-order valence-electron chi connectivity index (χ4n) is 3.46. The van der Waals surface area contributed by atoms with Gasteiger partial charge in [0.1, 0.15) is 4.90 Å². The summed E-state index contributed by atoms with van der Waals surface area (Å²) in [6.45, 7) is 1.92. The Morgan fingerprint density at radius 3 is 2.45 bits per heavy atom. The number of nitrogens with zero attached hydrogens (tertiary/aromatic N) is 2. The molecule has 4 aromatic carbocycles. The van der Waals surface area contributed by atoms with E-state index in [1.165, 1.54) is 18.3 Å². The van der Waals surface area contributed by atoms with Crippen LogP contribution in [0, 0.1) is 10.1 Å². The Kier molecular flexibility index (Phi) is 8.03. The summed E-state index contributed by atoms with van der Waals surface area (Å²) in [5.41, 5.74) is 3.14. The average molecular weight is 598 g/mol. The molecule has 0 bridgehead atoms. The van der Waals surface area contributed by atoms with Crippen molar-refractivity contribution in [3.05, 3.63) is 105 Å². The van der Waals surface area contributed by atoms with Crippen LogP contribution in [-0.4, -0.2) is 32.1 Å². The number of amides is 1. The van der Waals surface area contributed by atoms with Gasteiger partial charge in [-0.05, 0) is 75.6 Å². The van der Waals surface area contributed by atoms with Gasteiger partial charge in [-0.1, -0.05) is 30.3 Å². The number of hydrogen-bond acceptors (Lipinski definition) is 8. The summed E-state index contributed by atoms with van der Waals surface area (Å²) in [7, 11) is -4.33. The smallest absolute Gasteiger partial charge is 0.339 e. The van der Waals surface area contributed by atoms with Gasteiger partial charge in [0.05, 0.1) is 22.2 Å². The SMILES string of the molecule is CCOc1cc(/C=N\NC(=O)c2ccc3ccccc3c2)cc(Br)c1OS(=O)(=O)c1ccc([N+](=O)[O-])cc1. The molecule has 0 saturated heterocycles. The van der Waals surface area contributed by atoms with E-state index in [1.54, 1.807) is 19.1 Å². The van der Waals surface area contributed by atoms with Crippen molar-refractivity contribution in [2.24, 2.45) is 5.10 Å². The molecule has 0 spiro atoms. The van der Waals surface area contributed by atoms with Gasteiger partial charge >= 0.3 is 10.1 Å². The molecule has 0 aromatic heterocycles. The van der Waals surface area contributed by atoms with Crippen molar-refractivity contribution in [1.29, 1.82) is 0 Å². The lowest BCUT2D eigenvalue weighted by atomic mass is 10.1. The summed E-state index contributed by atoms with van der Waals surface area (Å²) < 4.78 is 36.7. The van der Waals surface area contributed by atoms with Crippen molar-refractivity contribution in [3.8, 4) is 11.5 Å². The normalized spacial score (nSPS) is 11.4. The molecule has 10 nitrogen and oxygen atoms in total. The van der Waals surface area contributed by atoms with Crippen LogP contribution in [0.2, 0.25) is 0 Å². The van der Waals surface area contributed by atoms with E-state index in [0.29, 0.717) is 11.1 Å². The zero-order valence-corrected chi connectivity index (χ0v) is 22.2. The molecule has 0 atom stereocenters. The molecule has 0 fully saturated rings. The molecule has 0 aliphatic rings. The Balaban J connectivity index is 1.53. The van der Waals surface area contributed by atoms with Crippen molar-refractivity contribution >= 4 is 54.6 Å². The zero-order valence-electron chi connectivity index (χ0n) is 19.8. The standard InChI is InChI=1S/C26H20BrN3O7S/c1-2-36-24-14-17(16-28-29-26(31)20-8-7-18-5-3-4-6-19(18)15-20)13-23(27)25(24)37-38(34,35)22-11-9-21(10-12-22)30(32)33/h3-16H,2H2,1H3,(H,29,31)/b28-16-. The Hall–Kier alpha value is -4.29. The Labute approximate surface area is 226 Å². The monoisotopic (exact) mass is 597 g/mol. The number of rotatable bonds is 9. The Morgan fingerprint density at radius 2 is 1.76 bits per heavy atom. The summed E-state index contributed by atoms with van der Waals surface area (Å²) >= 11 is 3.30. The van der Waals surface area contributed by atoms with Gasteiger partial charge in [-0.25, -0.2) is 5.43 Å². The Bertz CT molecular complexity index is 1660. The molecule has 12 heteroatoms. The lowest BCUT2D eigenvalue weighted by Gasteiger charge is -2.14. The van der Waals surface area contributed by atoms with E-state index in [4.69, 9.17) is 8.92 Å². The van der Waals surface area contributed by atoms with E-state index < -0.39 is 20.9 Å². The molecule has 0 aliphatic carbocycles. The van der Waals surface area contributed by atoms with Gasteiger partial charge in [-0.3, -0.25) is 14.9 Å². The van der Waals surface area contributed by atoms with Crippen LogP contribution in [0.4, 0.5) is 5.69 Å². The minimum Gasteiger partial charge on any atom is -0.490 e. The molecular formula is C26H20BrN3O7S. The first-order valence-electron chi connectivity index (χ1n) is 11.2. The first-order chi connectivity index (χ1) is 18.2. The quantitative estimate of drug-likeness (QED) is 0.117. The lowest BCUT2D eigenvalue weighted by Crippen LogP contribution is -2.17. The number of nitrogens with one attached hydrogen (secondary N) is 1. The molecule has 194 valence electrons. The number of hydrogen-bond donors (Lipinski definition) is 1. The van der Waals surface area contributed by atoms with Crippen LogP contribution < -0.4 is 14.3 Å². The van der Waals surface area contributed by atoms with E-state index in [9.17, 15) is 23.3 Å². The van der Waals surface area contributed by atoms with Crippen molar-refractivity contribution in [2.45, 2.75) is 11.8 Å². The maximum absolute atomic E-state index is 12.8. The zero-order chi connectivity index (χ0) is 27.3. The molecular weight excluding hydrogens is 578 g/mol. The number of nitro groups is 1. The van der Waals surface area contributed by atoms with Crippen molar-refractivity contribution in [3.63, 3.8) is 0 Å². The number of ether oxygens (including phenoxy) is 1. The van der Waals surface area contributed by atoms with Gasteiger partial charge in [0.25, 0.3) is 11.6 Å². The predicted molar refractivity (Wildman–Crippen MR) is 145 cm³/mol. The number of carbonyl (C=O) groups is 1. The summed E-state index contributed by atoms with van der Waals surface area (Å²) in [5, 5.41) is 16.8.